The van der Waals surface area contributed by atoms with Crippen molar-refractivity contribution in [2.24, 2.45) is 0 Å². The zero-order chi connectivity index (χ0) is 18.3. The molecule has 0 spiro atoms. The Morgan fingerprint density at radius 3 is 2.31 bits per heavy atom. The van der Waals surface area contributed by atoms with Crippen LogP contribution in [0.5, 0.6) is 0 Å². The van der Waals surface area contributed by atoms with E-state index in [1.807, 2.05) is 12.3 Å². The maximum absolute atomic E-state index is 4.75. The summed E-state index contributed by atoms with van der Waals surface area (Å²) in [6.45, 7) is 8.75. The first-order valence-corrected chi connectivity index (χ1v) is 9.44. The van der Waals surface area contributed by atoms with Crippen LogP contribution >= 0.6 is 0 Å². The molecule has 2 atom stereocenters. The van der Waals surface area contributed by atoms with Gasteiger partial charge in [-0.25, -0.2) is 9.97 Å². The van der Waals surface area contributed by atoms with Gasteiger partial charge in [-0.05, 0) is 43.0 Å². The van der Waals surface area contributed by atoms with E-state index in [-0.39, 0.29) is 0 Å². The summed E-state index contributed by atoms with van der Waals surface area (Å²) in [5.74, 6) is 2.80. The monoisotopic (exact) mass is 347 g/mol. The summed E-state index contributed by atoms with van der Waals surface area (Å²) >= 11 is 0. The summed E-state index contributed by atoms with van der Waals surface area (Å²) in [7, 11) is 0. The second-order valence-corrected chi connectivity index (χ2v) is 7.18. The molecule has 3 aromatic heterocycles. The van der Waals surface area contributed by atoms with Crippen LogP contribution < -0.4 is 0 Å². The minimum atomic E-state index is 0.430. The summed E-state index contributed by atoms with van der Waals surface area (Å²) < 4.78 is 0. The number of pyridine rings is 1. The van der Waals surface area contributed by atoms with Gasteiger partial charge < -0.3 is 9.97 Å². The first-order chi connectivity index (χ1) is 12.6. The van der Waals surface area contributed by atoms with E-state index in [0.717, 1.165) is 57.8 Å². The van der Waals surface area contributed by atoms with Gasteiger partial charge in [-0.2, -0.15) is 0 Å². The molecule has 0 fully saturated rings. The van der Waals surface area contributed by atoms with Crippen LogP contribution in [0.2, 0.25) is 0 Å². The molecule has 0 aliphatic heterocycles. The number of H-pyrrole nitrogens is 2. The molecule has 5 nitrogen and oxygen atoms in total. The molecule has 0 saturated carbocycles. The fourth-order valence-electron chi connectivity index (χ4n) is 3.14. The molecule has 4 rings (SSSR count). The van der Waals surface area contributed by atoms with Crippen LogP contribution in [0.3, 0.4) is 0 Å². The van der Waals surface area contributed by atoms with Crippen LogP contribution in [-0.2, 0) is 0 Å². The van der Waals surface area contributed by atoms with Gasteiger partial charge in [0.15, 0.2) is 0 Å². The van der Waals surface area contributed by atoms with E-state index in [9.17, 15) is 0 Å². The van der Waals surface area contributed by atoms with Crippen molar-refractivity contribution in [1.82, 2.24) is 24.9 Å². The number of nitrogens with one attached hydrogen (secondary N) is 2. The second-order valence-electron chi connectivity index (χ2n) is 7.18. The highest BCUT2D eigenvalue weighted by atomic mass is 15.0. The fraction of sp³-hybridized carbons (Fsp3) is 0.381. The molecule has 0 radical (unpaired) electrons. The maximum atomic E-state index is 4.75. The summed E-state index contributed by atoms with van der Waals surface area (Å²) in [4.78, 5) is 21.0. The van der Waals surface area contributed by atoms with Gasteiger partial charge >= 0.3 is 0 Å². The Morgan fingerprint density at radius 2 is 1.62 bits per heavy atom. The molecular weight excluding hydrogens is 322 g/mol. The third-order valence-corrected chi connectivity index (χ3v) is 5.36. The van der Waals surface area contributed by atoms with E-state index in [4.69, 9.17) is 9.97 Å². The van der Waals surface area contributed by atoms with Crippen molar-refractivity contribution in [3.05, 3.63) is 42.0 Å². The number of fused-ring (bicyclic) bond motifs is 2. The molecule has 26 heavy (non-hydrogen) atoms. The largest absolute Gasteiger partial charge is 0.342 e. The fourth-order valence-corrected chi connectivity index (χ4v) is 3.14. The van der Waals surface area contributed by atoms with Gasteiger partial charge in [0.05, 0.1) is 22.1 Å². The number of aromatic amines is 2. The second kappa shape index (κ2) is 6.56. The van der Waals surface area contributed by atoms with Crippen molar-refractivity contribution in [2.75, 3.05) is 0 Å². The number of hydrogen-bond donors (Lipinski definition) is 2. The molecule has 134 valence electrons. The van der Waals surface area contributed by atoms with Crippen LogP contribution in [0.25, 0.3) is 33.5 Å². The predicted molar refractivity (Wildman–Crippen MR) is 106 cm³/mol. The van der Waals surface area contributed by atoms with Crippen LogP contribution in [0.15, 0.2) is 30.5 Å². The Hall–Kier alpha value is -2.69. The van der Waals surface area contributed by atoms with Crippen LogP contribution in [0.1, 0.15) is 63.9 Å². The van der Waals surface area contributed by atoms with Gasteiger partial charge in [0.1, 0.15) is 11.6 Å². The lowest BCUT2D eigenvalue weighted by Crippen LogP contribution is -1.95. The van der Waals surface area contributed by atoms with Gasteiger partial charge in [0.2, 0.25) is 0 Å². The molecule has 0 saturated heterocycles. The number of benzene rings is 1. The molecule has 2 N–H and O–H groups in total. The predicted octanol–water partition coefficient (Wildman–Crippen LogP) is 5.53. The van der Waals surface area contributed by atoms with Crippen molar-refractivity contribution >= 4 is 22.1 Å². The van der Waals surface area contributed by atoms with E-state index >= 15 is 0 Å². The number of aromatic nitrogens is 5. The van der Waals surface area contributed by atoms with Crippen molar-refractivity contribution in [1.29, 1.82) is 0 Å². The van der Waals surface area contributed by atoms with Gasteiger partial charge in [0.25, 0.3) is 0 Å². The lowest BCUT2D eigenvalue weighted by Gasteiger charge is -2.07. The van der Waals surface area contributed by atoms with Crippen LogP contribution in [0, 0.1) is 0 Å². The highest BCUT2D eigenvalue weighted by molar-refractivity contribution is 5.92. The molecule has 3 heterocycles. The van der Waals surface area contributed by atoms with Gasteiger partial charge in [-0.15, -0.1) is 0 Å². The van der Waals surface area contributed by atoms with E-state index < -0.39 is 0 Å². The lowest BCUT2D eigenvalue weighted by atomic mass is 10.0. The van der Waals surface area contributed by atoms with Crippen molar-refractivity contribution < 1.29 is 0 Å². The normalized spacial score (nSPS) is 14.2. The maximum Gasteiger partial charge on any atom is 0.140 e. The highest BCUT2D eigenvalue weighted by Gasteiger charge is 2.13. The van der Waals surface area contributed by atoms with Crippen molar-refractivity contribution in [3.8, 4) is 11.4 Å². The minimum Gasteiger partial charge on any atom is -0.342 e. The molecule has 2 unspecified atom stereocenters. The van der Waals surface area contributed by atoms with Gasteiger partial charge in [-0.3, -0.25) is 4.98 Å². The molecule has 0 aliphatic carbocycles. The van der Waals surface area contributed by atoms with Crippen LogP contribution in [0.4, 0.5) is 0 Å². The number of hydrogen-bond acceptors (Lipinski definition) is 3. The quantitative estimate of drug-likeness (QED) is 0.499. The Balaban J connectivity index is 1.71. The van der Waals surface area contributed by atoms with Crippen molar-refractivity contribution in [2.45, 2.75) is 52.4 Å². The Bertz CT molecular complexity index is 991. The summed E-state index contributed by atoms with van der Waals surface area (Å²) in [6, 6.07) is 8.34. The Kier molecular flexibility index (Phi) is 4.23. The smallest absolute Gasteiger partial charge is 0.140 e. The first-order valence-electron chi connectivity index (χ1n) is 9.44. The topological polar surface area (TPSA) is 70.2 Å². The van der Waals surface area contributed by atoms with E-state index in [1.165, 1.54) is 0 Å². The third-order valence-electron chi connectivity index (χ3n) is 5.36. The molecule has 5 heteroatoms. The Morgan fingerprint density at radius 1 is 0.885 bits per heavy atom. The number of nitrogens with zero attached hydrogens (tertiary/aromatic N) is 3. The molecule has 0 amide bonds. The zero-order valence-corrected chi connectivity index (χ0v) is 15.8. The standard InChI is InChI=1S/C21H25N5/c1-5-12(3)15-8-7-14(11-22-15)21-25-18-9-16-17(10-19(18)26-21)24-20(23-16)13(4)6-2/h7-13H,5-6H2,1-4H3,(H,23,24)(H,25,26). The Labute approximate surface area is 153 Å². The molecular formula is C21H25N5. The first kappa shape index (κ1) is 16.8. The lowest BCUT2D eigenvalue weighted by molar-refractivity contribution is 0.692. The average molecular weight is 347 g/mol. The van der Waals surface area contributed by atoms with Gasteiger partial charge in [0, 0.05) is 23.4 Å². The van der Waals surface area contributed by atoms with E-state index in [0.29, 0.717) is 11.8 Å². The summed E-state index contributed by atoms with van der Waals surface area (Å²) in [6.07, 6.45) is 4.07. The molecule has 0 aliphatic rings. The molecule has 0 bridgehead atoms. The molecule has 1 aromatic carbocycles. The van der Waals surface area contributed by atoms with Crippen LogP contribution in [-0.4, -0.2) is 24.9 Å². The van der Waals surface area contributed by atoms with E-state index in [1.54, 1.807) is 0 Å². The van der Waals surface area contributed by atoms with Crippen molar-refractivity contribution in [3.63, 3.8) is 0 Å². The zero-order valence-electron chi connectivity index (χ0n) is 15.8. The summed E-state index contributed by atoms with van der Waals surface area (Å²) in [5, 5.41) is 0. The summed E-state index contributed by atoms with van der Waals surface area (Å²) in [5.41, 5.74) is 6.09. The third kappa shape index (κ3) is 2.87. The van der Waals surface area contributed by atoms with Gasteiger partial charge in [-0.1, -0.05) is 27.7 Å². The minimum absolute atomic E-state index is 0.430. The average Bonchev–Trinajstić information content (AvgIpc) is 3.27. The number of rotatable bonds is 5. The number of imidazole rings is 2. The SMILES string of the molecule is CCC(C)c1ccc(-c2nc3cc4nc(C(C)CC)[nH]c4cc3[nH]2)cn1. The highest BCUT2D eigenvalue weighted by Crippen LogP contribution is 2.26. The van der Waals surface area contributed by atoms with E-state index in [2.05, 4.69) is 60.8 Å². The molecule has 4 aromatic rings.